The number of rotatable bonds is 4. The van der Waals surface area contributed by atoms with Gasteiger partial charge in [-0.25, -0.2) is 9.37 Å². The lowest BCUT2D eigenvalue weighted by Gasteiger charge is -2.41. The first-order valence-electron chi connectivity index (χ1n) is 9.08. The summed E-state index contributed by atoms with van der Waals surface area (Å²) in [7, 11) is 0. The van der Waals surface area contributed by atoms with E-state index in [9.17, 15) is 22.4 Å². The number of benzene rings is 1. The fourth-order valence-corrected chi connectivity index (χ4v) is 3.93. The number of nitrogens with one attached hydrogen (secondary N) is 1. The van der Waals surface area contributed by atoms with E-state index in [0.29, 0.717) is 5.52 Å². The second-order valence-electron chi connectivity index (χ2n) is 8.06. The number of hydrogen-bond donors (Lipinski definition) is 1. The molecule has 0 radical (unpaired) electrons. The number of carbonyl (C=O) groups excluding carboxylic acids is 1. The molecule has 2 aliphatic carbocycles. The number of hydrogen-bond acceptors (Lipinski definition) is 3. The van der Waals surface area contributed by atoms with Gasteiger partial charge >= 0.3 is 6.18 Å². The number of nitrogens with zero attached hydrogens (tertiary/aromatic N) is 3. The van der Waals surface area contributed by atoms with Crippen LogP contribution in [0.2, 0.25) is 0 Å². The molecule has 2 saturated carbocycles. The molecule has 1 aromatic heterocycles. The van der Waals surface area contributed by atoms with Crippen LogP contribution in [0.15, 0.2) is 12.1 Å². The number of carbonyl (C=O) groups is 1. The molecule has 1 N–H and O–H groups in total. The van der Waals surface area contributed by atoms with Crippen molar-refractivity contribution in [1.82, 2.24) is 9.55 Å². The van der Waals surface area contributed by atoms with Gasteiger partial charge in [-0.3, -0.25) is 10.1 Å². The molecule has 4 rings (SSSR count). The highest BCUT2D eigenvalue weighted by Gasteiger charge is 2.63. The van der Waals surface area contributed by atoms with E-state index in [1.807, 2.05) is 13.0 Å². The smallest absolute Gasteiger partial charge is 0.304 e. The number of nitriles is 1. The van der Waals surface area contributed by atoms with Gasteiger partial charge in [0.1, 0.15) is 5.52 Å². The zero-order valence-corrected chi connectivity index (χ0v) is 15.2. The molecule has 1 amide bonds. The average Bonchev–Trinajstić information content (AvgIpc) is 3.27. The molecule has 0 spiro atoms. The third-order valence-corrected chi connectivity index (χ3v) is 6.02. The zero-order chi connectivity index (χ0) is 20.3. The van der Waals surface area contributed by atoms with E-state index in [1.54, 1.807) is 4.57 Å². The summed E-state index contributed by atoms with van der Waals surface area (Å²) in [4.78, 5) is 16.5. The summed E-state index contributed by atoms with van der Waals surface area (Å²) >= 11 is 0. The van der Waals surface area contributed by atoms with Crippen molar-refractivity contribution in [3.8, 4) is 6.07 Å². The van der Waals surface area contributed by atoms with E-state index in [4.69, 9.17) is 5.26 Å². The number of anilines is 1. The van der Waals surface area contributed by atoms with Crippen LogP contribution in [-0.4, -0.2) is 21.6 Å². The van der Waals surface area contributed by atoms with Crippen molar-refractivity contribution >= 4 is 22.9 Å². The van der Waals surface area contributed by atoms with Crippen molar-refractivity contribution in [3.63, 3.8) is 0 Å². The van der Waals surface area contributed by atoms with Crippen molar-refractivity contribution in [2.75, 3.05) is 5.32 Å². The molecule has 1 aromatic carbocycles. The van der Waals surface area contributed by atoms with Gasteiger partial charge in [-0.1, -0.05) is 0 Å². The molecule has 5 nitrogen and oxygen atoms in total. The molecule has 0 bridgehead atoms. The lowest BCUT2D eigenvalue weighted by atomic mass is 9.78. The van der Waals surface area contributed by atoms with Gasteiger partial charge in [0.25, 0.3) is 0 Å². The van der Waals surface area contributed by atoms with Crippen molar-refractivity contribution in [3.05, 3.63) is 23.5 Å². The fraction of sp³-hybridized carbons (Fsp3) is 0.526. The van der Waals surface area contributed by atoms with Crippen LogP contribution < -0.4 is 5.32 Å². The van der Waals surface area contributed by atoms with Gasteiger partial charge in [-0.15, -0.1) is 0 Å². The predicted molar refractivity (Wildman–Crippen MR) is 92.9 cm³/mol. The summed E-state index contributed by atoms with van der Waals surface area (Å²) in [6.07, 6.45) is -2.81. The summed E-state index contributed by atoms with van der Waals surface area (Å²) in [6.45, 7) is 1.92. The molecule has 0 atom stereocenters. The lowest BCUT2D eigenvalue weighted by molar-refractivity contribution is -0.189. The van der Waals surface area contributed by atoms with Crippen LogP contribution in [0.1, 0.15) is 51.0 Å². The lowest BCUT2D eigenvalue weighted by Crippen LogP contribution is -2.38. The van der Waals surface area contributed by atoms with E-state index in [1.165, 1.54) is 6.07 Å². The summed E-state index contributed by atoms with van der Waals surface area (Å²) in [5.41, 5.74) is -1.96. The van der Waals surface area contributed by atoms with Crippen molar-refractivity contribution in [2.45, 2.75) is 57.2 Å². The van der Waals surface area contributed by atoms with Gasteiger partial charge in [0.15, 0.2) is 5.82 Å². The number of fused-ring (bicyclic) bond motifs is 1. The Kier molecular flexibility index (Phi) is 3.97. The number of imidazole rings is 1. The van der Waals surface area contributed by atoms with E-state index >= 15 is 0 Å². The minimum atomic E-state index is -4.43. The first-order chi connectivity index (χ1) is 13.1. The number of alkyl halides is 3. The van der Waals surface area contributed by atoms with Crippen molar-refractivity contribution in [2.24, 2.45) is 5.41 Å². The van der Waals surface area contributed by atoms with Crippen LogP contribution in [0.4, 0.5) is 23.5 Å². The Morgan fingerprint density at radius 3 is 2.50 bits per heavy atom. The standard InChI is InChI=1S/C19H18F4N4O/c1-17(3-2-4-17)27-13-8-11(10-24)7-12(20)15(13)26-16(27)25-14(28)9-18(5-6-18)19(21,22)23/h7-8H,2-6,9H2,1H3,(H,25,26,28). The Morgan fingerprint density at radius 2 is 2.00 bits per heavy atom. The molecular formula is C19H18F4N4O. The topological polar surface area (TPSA) is 70.7 Å². The summed E-state index contributed by atoms with van der Waals surface area (Å²) in [5.74, 6) is -1.48. The van der Waals surface area contributed by atoms with E-state index < -0.39 is 35.3 Å². The second-order valence-corrected chi connectivity index (χ2v) is 8.06. The third kappa shape index (κ3) is 2.82. The molecule has 28 heavy (non-hydrogen) atoms. The highest BCUT2D eigenvalue weighted by molar-refractivity contribution is 5.92. The highest BCUT2D eigenvalue weighted by atomic mass is 19.4. The SMILES string of the molecule is CC1(n2c(NC(=O)CC3(C(F)(F)F)CC3)nc3c(F)cc(C#N)cc32)CCC1. The van der Waals surface area contributed by atoms with Crippen molar-refractivity contribution < 1.29 is 22.4 Å². The van der Waals surface area contributed by atoms with Gasteiger partial charge in [0.2, 0.25) is 11.9 Å². The minimum absolute atomic E-state index is 0.0145. The Hall–Kier alpha value is -2.63. The molecular weight excluding hydrogens is 376 g/mol. The number of halogens is 4. The summed E-state index contributed by atoms with van der Waals surface area (Å²) in [5, 5.41) is 11.6. The molecule has 148 valence electrons. The van der Waals surface area contributed by atoms with E-state index in [2.05, 4.69) is 10.3 Å². The molecule has 1 heterocycles. The maximum Gasteiger partial charge on any atom is 0.395 e. The Balaban J connectivity index is 1.73. The molecule has 0 aliphatic heterocycles. The largest absolute Gasteiger partial charge is 0.395 e. The summed E-state index contributed by atoms with van der Waals surface area (Å²) < 4.78 is 55.5. The second kappa shape index (κ2) is 5.93. The van der Waals surface area contributed by atoms with Gasteiger partial charge in [-0.2, -0.15) is 18.4 Å². The van der Waals surface area contributed by atoms with Crippen LogP contribution in [0.25, 0.3) is 11.0 Å². The fourth-order valence-electron chi connectivity index (χ4n) is 3.93. The quantitative estimate of drug-likeness (QED) is 0.770. The van der Waals surface area contributed by atoms with Crippen LogP contribution >= 0.6 is 0 Å². The van der Waals surface area contributed by atoms with Gasteiger partial charge in [0.05, 0.1) is 22.6 Å². The molecule has 0 saturated heterocycles. The summed E-state index contributed by atoms with van der Waals surface area (Å²) in [6, 6.07) is 4.43. The molecule has 2 aliphatic rings. The van der Waals surface area contributed by atoms with Gasteiger partial charge in [-0.05, 0) is 51.2 Å². The van der Waals surface area contributed by atoms with E-state index in [-0.39, 0.29) is 29.9 Å². The Morgan fingerprint density at radius 1 is 1.32 bits per heavy atom. The van der Waals surface area contributed by atoms with Crippen LogP contribution in [0, 0.1) is 22.6 Å². The van der Waals surface area contributed by atoms with Crippen LogP contribution in [0.5, 0.6) is 0 Å². The normalized spacial score (nSPS) is 19.7. The first kappa shape index (κ1) is 18.7. The monoisotopic (exact) mass is 394 g/mol. The maximum atomic E-state index is 14.4. The van der Waals surface area contributed by atoms with Crippen LogP contribution in [0.3, 0.4) is 0 Å². The van der Waals surface area contributed by atoms with Gasteiger partial charge < -0.3 is 4.57 Å². The van der Waals surface area contributed by atoms with Gasteiger partial charge in [0, 0.05) is 12.0 Å². The highest BCUT2D eigenvalue weighted by Crippen LogP contribution is 2.60. The Bertz CT molecular complexity index is 1010. The number of amides is 1. The predicted octanol–water partition coefficient (Wildman–Crippen LogP) is 4.62. The third-order valence-electron chi connectivity index (χ3n) is 6.02. The molecule has 2 fully saturated rings. The van der Waals surface area contributed by atoms with E-state index in [0.717, 1.165) is 25.3 Å². The average molecular weight is 394 g/mol. The maximum absolute atomic E-state index is 14.4. The molecule has 9 heteroatoms. The first-order valence-corrected chi connectivity index (χ1v) is 9.08. The Labute approximate surface area is 158 Å². The van der Waals surface area contributed by atoms with Crippen LogP contribution in [-0.2, 0) is 10.3 Å². The molecule has 2 aromatic rings. The zero-order valence-electron chi connectivity index (χ0n) is 15.2. The minimum Gasteiger partial charge on any atom is -0.304 e. The van der Waals surface area contributed by atoms with Crippen molar-refractivity contribution in [1.29, 1.82) is 5.26 Å². The molecule has 0 unspecified atom stereocenters. The number of aromatic nitrogens is 2.